The Bertz CT molecular complexity index is 614. The van der Waals surface area contributed by atoms with Crippen molar-refractivity contribution >= 4 is 29.2 Å². The van der Waals surface area contributed by atoms with E-state index in [9.17, 15) is 0 Å². The number of thiophene rings is 1. The minimum Gasteiger partial charge on any atom is -0.485 e. The van der Waals surface area contributed by atoms with E-state index in [-0.39, 0.29) is 0 Å². The average molecular weight is 287 g/mol. The molecule has 0 spiro atoms. The van der Waals surface area contributed by atoms with Gasteiger partial charge in [-0.15, -0.1) is 11.3 Å². The maximum atomic E-state index is 5.66. The SMILES string of the molecule is CN(C)c1ccc(/C=C/c2scc3c2OCCO3)cc1. The first-order chi connectivity index (χ1) is 9.74. The van der Waals surface area contributed by atoms with Crippen molar-refractivity contribution in [2.24, 2.45) is 0 Å². The molecule has 0 N–H and O–H groups in total. The molecular weight excluding hydrogens is 270 g/mol. The van der Waals surface area contributed by atoms with Gasteiger partial charge >= 0.3 is 0 Å². The summed E-state index contributed by atoms with van der Waals surface area (Å²) in [5, 5.41) is 2.00. The summed E-state index contributed by atoms with van der Waals surface area (Å²) in [7, 11) is 4.08. The topological polar surface area (TPSA) is 21.7 Å². The molecule has 0 saturated carbocycles. The highest BCUT2D eigenvalue weighted by Crippen LogP contribution is 2.40. The van der Waals surface area contributed by atoms with E-state index in [2.05, 4.69) is 41.3 Å². The summed E-state index contributed by atoms with van der Waals surface area (Å²) in [5.74, 6) is 1.74. The van der Waals surface area contributed by atoms with E-state index >= 15 is 0 Å². The van der Waals surface area contributed by atoms with Crippen molar-refractivity contribution in [3.8, 4) is 11.5 Å². The lowest BCUT2D eigenvalue weighted by Crippen LogP contribution is -2.14. The van der Waals surface area contributed by atoms with Crippen LogP contribution in [0, 0.1) is 0 Å². The maximum Gasteiger partial charge on any atom is 0.179 e. The smallest absolute Gasteiger partial charge is 0.179 e. The summed E-state index contributed by atoms with van der Waals surface area (Å²) < 4.78 is 11.2. The second kappa shape index (κ2) is 5.59. The summed E-state index contributed by atoms with van der Waals surface area (Å²) in [6.45, 7) is 1.26. The molecule has 1 aromatic heterocycles. The minimum atomic E-state index is 0.627. The Morgan fingerprint density at radius 3 is 2.55 bits per heavy atom. The summed E-state index contributed by atoms with van der Waals surface area (Å²) >= 11 is 1.65. The summed E-state index contributed by atoms with van der Waals surface area (Å²) in [6, 6.07) is 8.46. The summed E-state index contributed by atoms with van der Waals surface area (Å²) in [6.07, 6.45) is 4.19. The first kappa shape index (κ1) is 13.1. The third-order valence-corrected chi connectivity index (χ3v) is 4.07. The Hall–Kier alpha value is -1.94. The molecule has 0 aliphatic carbocycles. The van der Waals surface area contributed by atoms with Gasteiger partial charge in [-0.2, -0.15) is 0 Å². The van der Waals surface area contributed by atoms with Crippen molar-refractivity contribution in [3.05, 3.63) is 40.1 Å². The highest BCUT2D eigenvalue weighted by atomic mass is 32.1. The highest BCUT2D eigenvalue weighted by molar-refractivity contribution is 7.11. The van der Waals surface area contributed by atoms with Crippen molar-refractivity contribution < 1.29 is 9.47 Å². The first-order valence-corrected chi connectivity index (χ1v) is 7.44. The molecule has 0 radical (unpaired) electrons. The predicted octanol–water partition coefficient (Wildman–Crippen LogP) is 3.76. The molecule has 0 atom stereocenters. The molecule has 0 unspecified atom stereocenters. The Labute approximate surface area is 123 Å². The van der Waals surface area contributed by atoms with Crippen LogP contribution in [0.2, 0.25) is 0 Å². The Morgan fingerprint density at radius 2 is 1.80 bits per heavy atom. The molecule has 104 valence electrons. The normalized spacial score (nSPS) is 13.7. The fraction of sp³-hybridized carbons (Fsp3) is 0.250. The van der Waals surface area contributed by atoms with Gasteiger partial charge in [0.1, 0.15) is 13.2 Å². The van der Waals surface area contributed by atoms with Crippen molar-refractivity contribution in [2.75, 3.05) is 32.2 Å². The quantitative estimate of drug-likeness (QED) is 0.858. The predicted molar refractivity (Wildman–Crippen MR) is 85.0 cm³/mol. The fourth-order valence-corrected chi connectivity index (χ4v) is 2.88. The number of hydrogen-bond donors (Lipinski definition) is 0. The van der Waals surface area contributed by atoms with Gasteiger partial charge in [0.2, 0.25) is 0 Å². The van der Waals surface area contributed by atoms with Crippen molar-refractivity contribution in [1.82, 2.24) is 0 Å². The number of hydrogen-bond acceptors (Lipinski definition) is 4. The summed E-state index contributed by atoms with van der Waals surface area (Å²) in [5.41, 5.74) is 2.38. The number of anilines is 1. The molecule has 3 rings (SSSR count). The zero-order chi connectivity index (χ0) is 13.9. The van der Waals surface area contributed by atoms with Crippen LogP contribution < -0.4 is 14.4 Å². The zero-order valence-corrected chi connectivity index (χ0v) is 12.4. The van der Waals surface area contributed by atoms with Crippen LogP contribution in [-0.4, -0.2) is 27.3 Å². The first-order valence-electron chi connectivity index (χ1n) is 6.56. The number of benzene rings is 1. The maximum absolute atomic E-state index is 5.66. The van der Waals surface area contributed by atoms with Crippen LogP contribution in [-0.2, 0) is 0 Å². The van der Waals surface area contributed by atoms with E-state index in [1.165, 1.54) is 11.3 Å². The van der Waals surface area contributed by atoms with Crippen molar-refractivity contribution in [1.29, 1.82) is 0 Å². The van der Waals surface area contributed by atoms with Gasteiger partial charge in [0.05, 0.1) is 4.88 Å². The number of nitrogens with zero attached hydrogens (tertiary/aromatic N) is 1. The largest absolute Gasteiger partial charge is 0.485 e. The van der Waals surface area contributed by atoms with Gasteiger partial charge in [-0.05, 0) is 23.8 Å². The van der Waals surface area contributed by atoms with Gasteiger partial charge < -0.3 is 14.4 Å². The lowest BCUT2D eigenvalue weighted by Gasteiger charge is -2.15. The molecule has 0 fully saturated rings. The highest BCUT2D eigenvalue weighted by Gasteiger charge is 2.16. The van der Waals surface area contributed by atoms with Crippen LogP contribution in [0.3, 0.4) is 0 Å². The van der Waals surface area contributed by atoms with Gasteiger partial charge in [0.25, 0.3) is 0 Å². The standard InChI is InChI=1S/C16H17NO2S/c1-17(2)13-6-3-12(4-7-13)5-8-15-16-14(11-20-15)18-9-10-19-16/h3-8,11H,9-10H2,1-2H3/b8-5+. The van der Waals surface area contributed by atoms with Gasteiger partial charge in [-0.1, -0.05) is 18.2 Å². The second-order valence-electron chi connectivity index (χ2n) is 4.81. The minimum absolute atomic E-state index is 0.627. The van der Waals surface area contributed by atoms with E-state index < -0.39 is 0 Å². The number of fused-ring (bicyclic) bond motifs is 1. The molecule has 0 bridgehead atoms. The van der Waals surface area contributed by atoms with Gasteiger partial charge in [0, 0.05) is 25.2 Å². The van der Waals surface area contributed by atoms with Crippen LogP contribution in [0.5, 0.6) is 11.5 Å². The molecule has 2 aromatic rings. The van der Waals surface area contributed by atoms with Gasteiger partial charge in [0.15, 0.2) is 11.5 Å². The number of rotatable bonds is 3. The van der Waals surface area contributed by atoms with E-state index in [4.69, 9.17) is 9.47 Å². The monoisotopic (exact) mass is 287 g/mol. The van der Waals surface area contributed by atoms with E-state index in [1.54, 1.807) is 11.3 Å². The van der Waals surface area contributed by atoms with Gasteiger partial charge in [-0.25, -0.2) is 0 Å². The van der Waals surface area contributed by atoms with Crippen molar-refractivity contribution in [2.45, 2.75) is 0 Å². The van der Waals surface area contributed by atoms with Crippen LogP contribution in [0.4, 0.5) is 5.69 Å². The molecule has 1 aromatic carbocycles. The van der Waals surface area contributed by atoms with Crippen LogP contribution >= 0.6 is 11.3 Å². The lowest BCUT2D eigenvalue weighted by atomic mass is 10.2. The molecule has 1 aliphatic rings. The fourth-order valence-electron chi connectivity index (χ4n) is 2.05. The van der Waals surface area contributed by atoms with Crippen molar-refractivity contribution in [3.63, 3.8) is 0 Å². The lowest BCUT2D eigenvalue weighted by molar-refractivity contribution is 0.173. The van der Waals surface area contributed by atoms with Crippen LogP contribution in [0.15, 0.2) is 29.6 Å². The molecule has 3 nitrogen and oxygen atoms in total. The average Bonchev–Trinajstić information content (AvgIpc) is 2.89. The summed E-state index contributed by atoms with van der Waals surface area (Å²) in [4.78, 5) is 3.20. The molecule has 20 heavy (non-hydrogen) atoms. The third kappa shape index (κ3) is 2.65. The molecular formula is C16H17NO2S. The Kier molecular flexibility index (Phi) is 3.65. The molecule has 1 aliphatic heterocycles. The molecule has 2 heterocycles. The van der Waals surface area contributed by atoms with Crippen LogP contribution in [0.25, 0.3) is 12.2 Å². The molecule has 4 heteroatoms. The van der Waals surface area contributed by atoms with E-state index in [1.807, 2.05) is 19.5 Å². The van der Waals surface area contributed by atoms with Gasteiger partial charge in [-0.3, -0.25) is 0 Å². The van der Waals surface area contributed by atoms with E-state index in [0.717, 1.165) is 16.4 Å². The molecule has 0 saturated heterocycles. The Balaban J connectivity index is 1.78. The number of ether oxygens (including phenoxy) is 2. The van der Waals surface area contributed by atoms with E-state index in [0.29, 0.717) is 13.2 Å². The zero-order valence-electron chi connectivity index (χ0n) is 11.6. The van der Waals surface area contributed by atoms with Crippen LogP contribution in [0.1, 0.15) is 10.4 Å². The second-order valence-corrected chi connectivity index (χ2v) is 5.72. The third-order valence-electron chi connectivity index (χ3n) is 3.16. The Morgan fingerprint density at radius 1 is 1.05 bits per heavy atom. The molecule has 0 amide bonds.